The third kappa shape index (κ3) is 2.72. The lowest BCUT2D eigenvalue weighted by molar-refractivity contribution is 0.288. The lowest BCUT2D eigenvalue weighted by Crippen LogP contribution is -2.02. The number of aromatic nitrogens is 1. The first kappa shape index (κ1) is 13.9. The molecule has 0 unspecified atom stereocenters. The highest BCUT2D eigenvalue weighted by molar-refractivity contribution is 5.85. The zero-order valence-electron chi connectivity index (χ0n) is 12.4. The van der Waals surface area contributed by atoms with Crippen LogP contribution in [0.5, 0.6) is 0 Å². The highest BCUT2D eigenvalue weighted by Gasteiger charge is 2.13. The fourth-order valence-corrected chi connectivity index (χ4v) is 3.04. The van der Waals surface area contributed by atoms with Crippen LogP contribution in [0.3, 0.4) is 0 Å². The largest absolute Gasteiger partial charge is 0.396 e. The normalized spacial score (nSPS) is 11.1. The smallest absolute Gasteiger partial charge is 0.0488 e. The van der Waals surface area contributed by atoms with E-state index in [1.165, 1.54) is 27.7 Å². The summed E-state index contributed by atoms with van der Waals surface area (Å²) in [6.45, 7) is 3.33. The molecule has 3 rings (SSSR count). The molecule has 0 amide bonds. The Hall–Kier alpha value is -2.06. The summed E-state index contributed by atoms with van der Waals surface area (Å²) in [6.07, 6.45) is 1.75. The van der Waals surface area contributed by atoms with Crippen molar-refractivity contribution in [3.63, 3.8) is 0 Å². The van der Waals surface area contributed by atoms with Gasteiger partial charge in [0.25, 0.3) is 0 Å². The van der Waals surface area contributed by atoms with Gasteiger partial charge in [0.2, 0.25) is 0 Å². The van der Waals surface area contributed by atoms with Gasteiger partial charge in [0.15, 0.2) is 0 Å². The van der Waals surface area contributed by atoms with Crippen LogP contribution in [0.2, 0.25) is 0 Å². The zero-order valence-corrected chi connectivity index (χ0v) is 12.4. The molecule has 1 aromatic heterocycles. The van der Waals surface area contributed by atoms with Gasteiger partial charge in [-0.05, 0) is 37.0 Å². The van der Waals surface area contributed by atoms with Crippen LogP contribution in [0.15, 0.2) is 54.6 Å². The van der Waals surface area contributed by atoms with E-state index in [9.17, 15) is 0 Å². The van der Waals surface area contributed by atoms with E-state index in [0.717, 1.165) is 19.4 Å². The summed E-state index contributed by atoms with van der Waals surface area (Å²) >= 11 is 0. The Morgan fingerprint density at radius 2 is 1.67 bits per heavy atom. The molecule has 0 aliphatic carbocycles. The van der Waals surface area contributed by atoms with Crippen LogP contribution in [0.1, 0.15) is 23.2 Å². The number of fused-ring (bicyclic) bond motifs is 1. The molecule has 0 spiro atoms. The third-order valence-corrected chi connectivity index (χ3v) is 4.13. The van der Waals surface area contributed by atoms with Crippen molar-refractivity contribution in [3.8, 4) is 0 Å². The molecule has 2 aromatic carbocycles. The van der Waals surface area contributed by atoms with Gasteiger partial charge < -0.3 is 9.67 Å². The first-order valence-corrected chi connectivity index (χ1v) is 7.52. The second kappa shape index (κ2) is 6.15. The van der Waals surface area contributed by atoms with E-state index in [1.807, 2.05) is 0 Å². The van der Waals surface area contributed by atoms with Gasteiger partial charge in [0, 0.05) is 29.7 Å². The van der Waals surface area contributed by atoms with Crippen molar-refractivity contribution in [2.45, 2.75) is 26.3 Å². The number of hydrogen-bond acceptors (Lipinski definition) is 1. The third-order valence-electron chi connectivity index (χ3n) is 4.13. The number of aliphatic hydroxyl groups excluding tert-OH is 1. The Balaban J connectivity index is 2.07. The molecule has 1 N–H and O–H groups in total. The van der Waals surface area contributed by atoms with E-state index in [0.29, 0.717) is 0 Å². The Kier molecular flexibility index (Phi) is 4.07. The highest BCUT2D eigenvalue weighted by atomic mass is 16.2. The summed E-state index contributed by atoms with van der Waals surface area (Å²) in [5.74, 6) is 0. The molecule has 2 heteroatoms. The van der Waals surface area contributed by atoms with Crippen LogP contribution in [-0.4, -0.2) is 16.3 Å². The summed E-state index contributed by atoms with van der Waals surface area (Å²) in [7, 11) is 0. The molecule has 0 radical (unpaired) electrons. The number of benzene rings is 2. The highest BCUT2D eigenvalue weighted by Crippen LogP contribution is 2.27. The molecular weight excluding hydrogens is 258 g/mol. The molecular formula is C19H21NO. The van der Waals surface area contributed by atoms with Crippen LogP contribution >= 0.6 is 0 Å². The first-order chi connectivity index (χ1) is 10.3. The van der Waals surface area contributed by atoms with Crippen molar-refractivity contribution >= 4 is 10.9 Å². The molecule has 0 saturated heterocycles. The van der Waals surface area contributed by atoms with Crippen LogP contribution < -0.4 is 0 Å². The van der Waals surface area contributed by atoms with E-state index in [-0.39, 0.29) is 6.61 Å². The van der Waals surface area contributed by atoms with Crippen LogP contribution in [0.4, 0.5) is 0 Å². The fraction of sp³-hybridized carbons (Fsp3) is 0.263. The molecule has 0 aliphatic rings. The van der Waals surface area contributed by atoms with Gasteiger partial charge >= 0.3 is 0 Å². The average Bonchev–Trinajstić information content (AvgIpc) is 2.79. The Bertz CT molecular complexity index is 728. The van der Waals surface area contributed by atoms with Crippen molar-refractivity contribution in [3.05, 3.63) is 71.4 Å². The van der Waals surface area contributed by atoms with Crippen LogP contribution in [-0.2, 0) is 13.0 Å². The molecule has 1 heterocycles. The zero-order chi connectivity index (χ0) is 14.7. The van der Waals surface area contributed by atoms with Crippen molar-refractivity contribution in [2.24, 2.45) is 0 Å². The maximum absolute atomic E-state index is 9.13. The number of aryl methyl sites for hydroxylation is 1. The van der Waals surface area contributed by atoms with E-state index >= 15 is 0 Å². The number of hydrogen-bond donors (Lipinski definition) is 1. The first-order valence-electron chi connectivity index (χ1n) is 7.52. The van der Waals surface area contributed by atoms with Crippen molar-refractivity contribution < 1.29 is 5.11 Å². The average molecular weight is 279 g/mol. The molecule has 108 valence electrons. The molecule has 21 heavy (non-hydrogen) atoms. The summed E-state index contributed by atoms with van der Waals surface area (Å²) in [6, 6.07) is 19.1. The molecule has 0 fully saturated rings. The minimum Gasteiger partial charge on any atom is -0.396 e. The van der Waals surface area contributed by atoms with E-state index in [1.54, 1.807) is 0 Å². The SMILES string of the molecule is Cc1c(CCCO)c2ccccc2n1Cc1ccccc1. The summed E-state index contributed by atoms with van der Waals surface area (Å²) in [4.78, 5) is 0. The Morgan fingerprint density at radius 3 is 2.43 bits per heavy atom. The molecule has 3 aromatic rings. The number of aliphatic hydroxyl groups is 1. The predicted molar refractivity (Wildman–Crippen MR) is 87.6 cm³/mol. The van der Waals surface area contributed by atoms with Gasteiger partial charge in [-0.15, -0.1) is 0 Å². The summed E-state index contributed by atoms with van der Waals surface area (Å²) in [5, 5.41) is 10.4. The van der Waals surface area contributed by atoms with E-state index < -0.39 is 0 Å². The maximum Gasteiger partial charge on any atom is 0.0488 e. The van der Waals surface area contributed by atoms with Crippen LogP contribution in [0.25, 0.3) is 10.9 Å². The Labute approximate surface area is 125 Å². The van der Waals surface area contributed by atoms with E-state index in [4.69, 9.17) is 5.11 Å². The minimum atomic E-state index is 0.248. The number of nitrogens with zero attached hydrogens (tertiary/aromatic N) is 1. The predicted octanol–water partition coefficient (Wildman–Crippen LogP) is 3.92. The molecule has 0 bridgehead atoms. The fourth-order valence-electron chi connectivity index (χ4n) is 3.04. The quantitative estimate of drug-likeness (QED) is 0.752. The van der Waals surface area contributed by atoms with Gasteiger partial charge in [-0.25, -0.2) is 0 Å². The van der Waals surface area contributed by atoms with Gasteiger partial charge in [-0.2, -0.15) is 0 Å². The Morgan fingerprint density at radius 1 is 0.952 bits per heavy atom. The second-order valence-corrected chi connectivity index (χ2v) is 5.48. The van der Waals surface area contributed by atoms with Gasteiger partial charge in [-0.1, -0.05) is 48.5 Å². The summed E-state index contributed by atoms with van der Waals surface area (Å²) < 4.78 is 2.39. The molecule has 2 nitrogen and oxygen atoms in total. The van der Waals surface area contributed by atoms with Crippen molar-refractivity contribution in [1.82, 2.24) is 4.57 Å². The number of rotatable bonds is 5. The second-order valence-electron chi connectivity index (χ2n) is 5.48. The number of para-hydroxylation sites is 1. The monoisotopic (exact) mass is 279 g/mol. The van der Waals surface area contributed by atoms with E-state index in [2.05, 4.69) is 66.1 Å². The molecule has 0 saturated carbocycles. The maximum atomic E-state index is 9.13. The van der Waals surface area contributed by atoms with Crippen LogP contribution in [0, 0.1) is 6.92 Å². The topological polar surface area (TPSA) is 25.2 Å². The lowest BCUT2D eigenvalue weighted by Gasteiger charge is -2.09. The van der Waals surface area contributed by atoms with Gasteiger partial charge in [-0.3, -0.25) is 0 Å². The molecule has 0 atom stereocenters. The molecule has 0 aliphatic heterocycles. The van der Waals surface area contributed by atoms with Crippen molar-refractivity contribution in [1.29, 1.82) is 0 Å². The standard InChI is InChI=1S/C19H21NO/c1-15-17(11-7-13-21)18-10-5-6-12-19(18)20(15)14-16-8-3-2-4-9-16/h2-6,8-10,12,21H,7,11,13-14H2,1H3. The minimum absolute atomic E-state index is 0.248. The van der Waals surface area contributed by atoms with Crippen molar-refractivity contribution in [2.75, 3.05) is 6.61 Å². The van der Waals surface area contributed by atoms with Gasteiger partial charge in [0.05, 0.1) is 0 Å². The lowest BCUT2D eigenvalue weighted by atomic mass is 10.1. The summed E-state index contributed by atoms with van der Waals surface area (Å²) in [5.41, 5.74) is 5.28. The van der Waals surface area contributed by atoms with Gasteiger partial charge in [0.1, 0.15) is 0 Å².